The van der Waals surface area contributed by atoms with Gasteiger partial charge in [-0.15, -0.1) is 11.3 Å². The summed E-state index contributed by atoms with van der Waals surface area (Å²) < 4.78 is 0.818. The lowest BCUT2D eigenvalue weighted by molar-refractivity contribution is 0.144. The van der Waals surface area contributed by atoms with Gasteiger partial charge in [0.25, 0.3) is 0 Å². The molecule has 1 aliphatic carbocycles. The van der Waals surface area contributed by atoms with E-state index < -0.39 is 0 Å². The number of hydrogen-bond donors (Lipinski definition) is 1. The van der Waals surface area contributed by atoms with Crippen molar-refractivity contribution in [3.05, 3.63) is 21.3 Å². The van der Waals surface area contributed by atoms with Crippen molar-refractivity contribution < 1.29 is 5.11 Å². The van der Waals surface area contributed by atoms with E-state index in [1.807, 2.05) is 12.1 Å². The zero-order valence-corrected chi connectivity index (χ0v) is 10.4. The summed E-state index contributed by atoms with van der Waals surface area (Å²) in [5, 5.41) is 9.94. The highest BCUT2D eigenvalue weighted by Gasteiger charge is 2.19. The fourth-order valence-electron chi connectivity index (χ4n) is 2.41. The number of hydrogen-bond acceptors (Lipinski definition) is 2. The molecule has 1 atom stereocenters. The summed E-state index contributed by atoms with van der Waals surface area (Å²) in [5.41, 5.74) is 0. The molecule has 3 heteroatoms. The Morgan fingerprint density at radius 1 is 1.40 bits per heavy atom. The van der Waals surface area contributed by atoms with Crippen LogP contribution in [0.15, 0.2) is 12.1 Å². The summed E-state index contributed by atoms with van der Waals surface area (Å²) in [6.45, 7) is 0. The molecule has 1 nitrogen and oxygen atoms in total. The number of rotatable bonds is 4. The van der Waals surface area contributed by atoms with Crippen molar-refractivity contribution in [2.75, 3.05) is 0 Å². The van der Waals surface area contributed by atoms with E-state index in [4.69, 9.17) is 11.6 Å². The maximum absolute atomic E-state index is 9.94. The molecular formula is C12H17ClOS. The zero-order valence-electron chi connectivity index (χ0n) is 8.79. The van der Waals surface area contributed by atoms with E-state index in [-0.39, 0.29) is 6.10 Å². The van der Waals surface area contributed by atoms with Crippen LogP contribution in [0.3, 0.4) is 0 Å². The van der Waals surface area contributed by atoms with Gasteiger partial charge in [-0.1, -0.05) is 37.3 Å². The molecule has 0 amide bonds. The molecule has 1 saturated carbocycles. The van der Waals surface area contributed by atoms with E-state index in [1.54, 1.807) is 11.3 Å². The molecule has 1 aromatic rings. The summed E-state index contributed by atoms with van der Waals surface area (Å²) in [7, 11) is 0. The average molecular weight is 245 g/mol. The maximum atomic E-state index is 9.94. The minimum atomic E-state index is -0.178. The molecule has 15 heavy (non-hydrogen) atoms. The fourth-order valence-corrected chi connectivity index (χ4v) is 3.57. The molecule has 0 aliphatic heterocycles. The highest BCUT2D eigenvalue weighted by atomic mass is 35.5. The van der Waals surface area contributed by atoms with Gasteiger partial charge in [-0.25, -0.2) is 0 Å². The van der Waals surface area contributed by atoms with E-state index in [0.717, 1.165) is 23.1 Å². The minimum Gasteiger partial charge on any atom is -0.393 e. The van der Waals surface area contributed by atoms with Gasteiger partial charge in [0.05, 0.1) is 10.4 Å². The lowest BCUT2D eigenvalue weighted by Crippen LogP contribution is -2.13. The summed E-state index contributed by atoms with van der Waals surface area (Å²) in [6, 6.07) is 3.93. The standard InChI is InChI=1S/C12H17ClOS/c13-12-6-5-11(15-12)8-10(14)7-9-3-1-2-4-9/h5-6,9-10,14H,1-4,7-8H2. The largest absolute Gasteiger partial charge is 0.393 e. The summed E-state index contributed by atoms with van der Waals surface area (Å²) in [6.07, 6.45) is 6.88. The second-order valence-corrected chi connectivity index (χ2v) is 6.25. The molecule has 84 valence electrons. The predicted molar refractivity (Wildman–Crippen MR) is 65.6 cm³/mol. The lowest BCUT2D eigenvalue weighted by atomic mass is 9.98. The Morgan fingerprint density at radius 3 is 2.73 bits per heavy atom. The van der Waals surface area contributed by atoms with Crippen LogP contribution in [0.25, 0.3) is 0 Å². The van der Waals surface area contributed by atoms with Gasteiger partial charge in [0.2, 0.25) is 0 Å². The minimum absolute atomic E-state index is 0.178. The molecule has 1 N–H and O–H groups in total. The van der Waals surface area contributed by atoms with Crippen LogP contribution in [0, 0.1) is 5.92 Å². The quantitative estimate of drug-likeness (QED) is 0.852. The van der Waals surface area contributed by atoms with Crippen molar-refractivity contribution in [2.24, 2.45) is 5.92 Å². The molecular weight excluding hydrogens is 228 g/mol. The van der Waals surface area contributed by atoms with Gasteiger partial charge in [0.15, 0.2) is 0 Å². The van der Waals surface area contributed by atoms with Crippen LogP contribution in [0.5, 0.6) is 0 Å². The van der Waals surface area contributed by atoms with Crippen LogP contribution in [0.4, 0.5) is 0 Å². The van der Waals surface area contributed by atoms with Gasteiger partial charge in [-0.05, 0) is 24.5 Å². The number of aliphatic hydroxyl groups excluding tert-OH is 1. The Balaban J connectivity index is 1.78. The first-order chi connectivity index (χ1) is 7.24. The van der Waals surface area contributed by atoms with Gasteiger partial charge in [-0.3, -0.25) is 0 Å². The number of halogens is 1. The van der Waals surface area contributed by atoms with Crippen molar-refractivity contribution in [3.8, 4) is 0 Å². The molecule has 0 saturated heterocycles. The van der Waals surface area contributed by atoms with E-state index in [9.17, 15) is 5.11 Å². The topological polar surface area (TPSA) is 20.2 Å². The van der Waals surface area contributed by atoms with E-state index in [0.29, 0.717) is 0 Å². The third-order valence-electron chi connectivity index (χ3n) is 3.15. The first kappa shape index (κ1) is 11.4. The van der Waals surface area contributed by atoms with E-state index >= 15 is 0 Å². The number of aliphatic hydroxyl groups is 1. The molecule has 1 aromatic heterocycles. The predicted octanol–water partition coefficient (Wildman–Crippen LogP) is 3.89. The zero-order chi connectivity index (χ0) is 10.7. The van der Waals surface area contributed by atoms with Crippen molar-refractivity contribution in [1.82, 2.24) is 0 Å². The molecule has 0 spiro atoms. The molecule has 1 heterocycles. The second kappa shape index (κ2) is 5.33. The summed E-state index contributed by atoms with van der Waals surface area (Å²) in [4.78, 5) is 1.20. The summed E-state index contributed by atoms with van der Waals surface area (Å²) in [5.74, 6) is 0.760. The van der Waals surface area contributed by atoms with Crippen LogP contribution in [-0.2, 0) is 6.42 Å². The average Bonchev–Trinajstić information content (AvgIpc) is 2.77. The second-order valence-electron chi connectivity index (χ2n) is 4.45. The van der Waals surface area contributed by atoms with Gasteiger partial charge >= 0.3 is 0 Å². The number of thiophene rings is 1. The highest BCUT2D eigenvalue weighted by molar-refractivity contribution is 7.16. The Bertz CT molecular complexity index is 304. The van der Waals surface area contributed by atoms with Gasteiger partial charge in [-0.2, -0.15) is 0 Å². The normalized spacial score (nSPS) is 19.6. The Morgan fingerprint density at radius 2 is 2.13 bits per heavy atom. The molecule has 2 rings (SSSR count). The molecule has 1 fully saturated rings. The molecule has 0 radical (unpaired) electrons. The van der Waals surface area contributed by atoms with Crippen molar-refractivity contribution in [3.63, 3.8) is 0 Å². The van der Waals surface area contributed by atoms with Crippen LogP contribution < -0.4 is 0 Å². The van der Waals surface area contributed by atoms with Crippen LogP contribution in [-0.4, -0.2) is 11.2 Å². The monoisotopic (exact) mass is 244 g/mol. The van der Waals surface area contributed by atoms with Crippen molar-refractivity contribution in [1.29, 1.82) is 0 Å². The third-order valence-corrected chi connectivity index (χ3v) is 4.40. The third kappa shape index (κ3) is 3.47. The molecule has 1 aliphatic rings. The van der Waals surface area contributed by atoms with Crippen molar-refractivity contribution in [2.45, 2.75) is 44.6 Å². The lowest BCUT2D eigenvalue weighted by Gasteiger charge is -2.14. The first-order valence-corrected chi connectivity index (χ1v) is 6.86. The van der Waals surface area contributed by atoms with E-state index in [2.05, 4.69) is 0 Å². The molecule has 1 unspecified atom stereocenters. The highest BCUT2D eigenvalue weighted by Crippen LogP contribution is 2.30. The van der Waals surface area contributed by atoms with Crippen LogP contribution in [0.1, 0.15) is 37.0 Å². The fraction of sp³-hybridized carbons (Fsp3) is 0.667. The van der Waals surface area contributed by atoms with Crippen LogP contribution >= 0.6 is 22.9 Å². The Kier molecular flexibility index (Phi) is 4.06. The first-order valence-electron chi connectivity index (χ1n) is 5.66. The van der Waals surface area contributed by atoms with Crippen LogP contribution in [0.2, 0.25) is 4.34 Å². The Labute approximate surface area is 100 Å². The van der Waals surface area contributed by atoms with Gasteiger partial charge in [0, 0.05) is 11.3 Å². The van der Waals surface area contributed by atoms with E-state index in [1.165, 1.54) is 30.6 Å². The smallest absolute Gasteiger partial charge is 0.0931 e. The molecule has 0 aromatic carbocycles. The van der Waals surface area contributed by atoms with Gasteiger partial charge in [0.1, 0.15) is 0 Å². The van der Waals surface area contributed by atoms with Gasteiger partial charge < -0.3 is 5.11 Å². The molecule has 0 bridgehead atoms. The maximum Gasteiger partial charge on any atom is 0.0931 e. The summed E-state index contributed by atoms with van der Waals surface area (Å²) >= 11 is 7.43. The van der Waals surface area contributed by atoms with Crippen molar-refractivity contribution >= 4 is 22.9 Å². The Hall–Kier alpha value is -0.0500. The SMILES string of the molecule is OC(Cc1ccc(Cl)s1)CC1CCCC1.